The Hall–Kier alpha value is -2.21. The summed E-state index contributed by atoms with van der Waals surface area (Å²) >= 11 is 0. The van der Waals surface area contributed by atoms with Crippen LogP contribution in [0.2, 0.25) is 0 Å². The molecule has 2 aliphatic rings. The number of rotatable bonds is 4. The predicted molar refractivity (Wildman–Crippen MR) is 92.0 cm³/mol. The molecule has 0 radical (unpaired) electrons. The second-order valence-electron chi connectivity index (χ2n) is 6.69. The summed E-state index contributed by atoms with van der Waals surface area (Å²) in [5, 5.41) is 0. The quantitative estimate of drug-likeness (QED) is 0.858. The van der Waals surface area contributed by atoms with E-state index in [1.807, 2.05) is 12.1 Å². The maximum Gasteiger partial charge on any atom is 0.255 e. The predicted octanol–water partition coefficient (Wildman–Crippen LogP) is 1.85. The lowest BCUT2D eigenvalue weighted by atomic mass is 10.1. The zero-order valence-electron chi connectivity index (χ0n) is 13.9. The van der Waals surface area contributed by atoms with Crippen molar-refractivity contribution < 1.29 is 4.74 Å². The number of aromatic nitrogens is 3. The van der Waals surface area contributed by atoms with E-state index in [0.717, 1.165) is 36.9 Å². The lowest BCUT2D eigenvalue weighted by Crippen LogP contribution is -2.45. The molecule has 1 saturated heterocycles. The van der Waals surface area contributed by atoms with Crippen molar-refractivity contribution in [2.45, 2.75) is 25.4 Å². The molecule has 1 atom stereocenters. The lowest BCUT2D eigenvalue weighted by molar-refractivity contribution is 0.0309. The maximum atomic E-state index is 12.4. The molecule has 2 aromatic rings. The lowest BCUT2D eigenvalue weighted by Gasteiger charge is -2.34. The summed E-state index contributed by atoms with van der Waals surface area (Å²) in [7, 11) is 1.78. The van der Waals surface area contributed by atoms with E-state index in [4.69, 9.17) is 9.72 Å². The number of pyridine rings is 1. The van der Waals surface area contributed by atoms with Crippen LogP contribution in [0.1, 0.15) is 19.3 Å². The molecule has 126 valence electrons. The molecule has 24 heavy (non-hydrogen) atoms. The van der Waals surface area contributed by atoms with Crippen LogP contribution < -0.4 is 10.5 Å². The highest BCUT2D eigenvalue weighted by Crippen LogP contribution is 2.35. The largest absolute Gasteiger partial charge is 0.375 e. The van der Waals surface area contributed by atoms with Crippen molar-refractivity contribution in [3.05, 3.63) is 40.9 Å². The first-order chi connectivity index (χ1) is 11.7. The molecule has 0 spiro atoms. The highest BCUT2D eigenvalue weighted by molar-refractivity contribution is 5.59. The highest BCUT2D eigenvalue weighted by atomic mass is 16.5. The summed E-state index contributed by atoms with van der Waals surface area (Å²) in [6.07, 6.45) is 7.45. The highest BCUT2D eigenvalue weighted by Gasteiger charge is 2.30. The standard InChI is InChI=1S/C18H22N4O2/c1-21-17(23)11-16(14-4-6-19-7-5-14)20-18(21)22-8-9-24-15(12-22)10-13-2-3-13/h4-7,11,13,15H,2-3,8-10,12H2,1H3. The van der Waals surface area contributed by atoms with Crippen molar-refractivity contribution in [1.82, 2.24) is 14.5 Å². The van der Waals surface area contributed by atoms with Gasteiger partial charge in [0.05, 0.1) is 18.4 Å². The molecule has 0 aromatic carbocycles. The van der Waals surface area contributed by atoms with Gasteiger partial charge in [-0.2, -0.15) is 0 Å². The molecule has 0 amide bonds. The van der Waals surface area contributed by atoms with E-state index in [0.29, 0.717) is 12.3 Å². The van der Waals surface area contributed by atoms with Crippen molar-refractivity contribution in [3.8, 4) is 11.3 Å². The van der Waals surface area contributed by atoms with Gasteiger partial charge in [0.15, 0.2) is 0 Å². The number of hydrogen-bond donors (Lipinski definition) is 0. The molecule has 6 nitrogen and oxygen atoms in total. The van der Waals surface area contributed by atoms with Gasteiger partial charge in [-0.1, -0.05) is 12.8 Å². The van der Waals surface area contributed by atoms with Crippen LogP contribution in [0, 0.1) is 5.92 Å². The normalized spacial score (nSPS) is 21.0. The molecule has 1 saturated carbocycles. The van der Waals surface area contributed by atoms with Gasteiger partial charge in [-0.25, -0.2) is 4.98 Å². The topological polar surface area (TPSA) is 60.2 Å². The average molecular weight is 326 g/mol. The van der Waals surface area contributed by atoms with E-state index >= 15 is 0 Å². The molecule has 0 bridgehead atoms. The van der Waals surface area contributed by atoms with Crippen LogP contribution in [0.15, 0.2) is 35.4 Å². The van der Waals surface area contributed by atoms with Crippen LogP contribution >= 0.6 is 0 Å². The Labute approximate surface area is 141 Å². The number of anilines is 1. The molecule has 6 heteroatoms. The van der Waals surface area contributed by atoms with Crippen LogP contribution in [0.3, 0.4) is 0 Å². The van der Waals surface area contributed by atoms with Gasteiger partial charge in [-0.3, -0.25) is 14.3 Å². The summed E-state index contributed by atoms with van der Waals surface area (Å²) in [4.78, 5) is 23.4. The Balaban J connectivity index is 1.63. The first kappa shape index (κ1) is 15.3. The van der Waals surface area contributed by atoms with Crippen molar-refractivity contribution >= 4 is 5.95 Å². The van der Waals surface area contributed by atoms with Crippen molar-refractivity contribution in [3.63, 3.8) is 0 Å². The van der Waals surface area contributed by atoms with E-state index in [1.54, 1.807) is 30.1 Å². The van der Waals surface area contributed by atoms with E-state index in [9.17, 15) is 4.79 Å². The fraction of sp³-hybridized carbons (Fsp3) is 0.500. The summed E-state index contributed by atoms with van der Waals surface area (Å²) in [6.45, 7) is 2.25. The summed E-state index contributed by atoms with van der Waals surface area (Å²) in [5.74, 6) is 1.55. The number of morpholine rings is 1. The van der Waals surface area contributed by atoms with Gasteiger partial charge in [0.2, 0.25) is 5.95 Å². The Kier molecular flexibility index (Phi) is 4.06. The van der Waals surface area contributed by atoms with Gasteiger partial charge in [0, 0.05) is 44.2 Å². The fourth-order valence-electron chi connectivity index (χ4n) is 3.25. The number of hydrogen-bond acceptors (Lipinski definition) is 5. The molecule has 1 aliphatic heterocycles. The van der Waals surface area contributed by atoms with Crippen LogP contribution in [0.25, 0.3) is 11.3 Å². The summed E-state index contributed by atoms with van der Waals surface area (Å²) in [6, 6.07) is 5.34. The summed E-state index contributed by atoms with van der Waals surface area (Å²) < 4.78 is 7.53. The Morgan fingerprint density at radius 1 is 1.29 bits per heavy atom. The fourth-order valence-corrected chi connectivity index (χ4v) is 3.25. The number of ether oxygens (including phenoxy) is 1. The first-order valence-corrected chi connectivity index (χ1v) is 8.56. The van der Waals surface area contributed by atoms with Crippen molar-refractivity contribution in [2.24, 2.45) is 13.0 Å². The van der Waals surface area contributed by atoms with Crippen molar-refractivity contribution in [2.75, 3.05) is 24.6 Å². The van der Waals surface area contributed by atoms with Crippen LogP contribution in [-0.4, -0.2) is 40.3 Å². The molecule has 1 unspecified atom stereocenters. The third kappa shape index (κ3) is 3.19. The molecule has 2 fully saturated rings. The van der Waals surface area contributed by atoms with Gasteiger partial charge in [0.25, 0.3) is 5.56 Å². The monoisotopic (exact) mass is 326 g/mol. The van der Waals surface area contributed by atoms with Gasteiger partial charge in [-0.05, 0) is 24.5 Å². The molecule has 2 aromatic heterocycles. The third-order valence-electron chi connectivity index (χ3n) is 4.80. The number of nitrogens with zero attached hydrogens (tertiary/aromatic N) is 4. The average Bonchev–Trinajstić information content (AvgIpc) is 3.42. The van der Waals surface area contributed by atoms with Crippen LogP contribution in [-0.2, 0) is 11.8 Å². The minimum Gasteiger partial charge on any atom is -0.375 e. The smallest absolute Gasteiger partial charge is 0.255 e. The van der Waals surface area contributed by atoms with E-state index < -0.39 is 0 Å². The van der Waals surface area contributed by atoms with Crippen molar-refractivity contribution in [1.29, 1.82) is 0 Å². The van der Waals surface area contributed by atoms with Gasteiger partial charge < -0.3 is 9.64 Å². The SMILES string of the molecule is Cn1c(N2CCOC(CC3CC3)C2)nc(-c2ccncc2)cc1=O. The third-order valence-corrected chi connectivity index (χ3v) is 4.80. The van der Waals surface area contributed by atoms with Gasteiger partial charge in [0.1, 0.15) is 0 Å². The Morgan fingerprint density at radius 2 is 2.08 bits per heavy atom. The van der Waals surface area contributed by atoms with Crippen LogP contribution in [0.4, 0.5) is 5.95 Å². The van der Waals surface area contributed by atoms with Gasteiger partial charge >= 0.3 is 0 Å². The Morgan fingerprint density at radius 3 is 2.83 bits per heavy atom. The van der Waals surface area contributed by atoms with E-state index in [2.05, 4.69) is 9.88 Å². The maximum absolute atomic E-state index is 12.4. The molecule has 4 rings (SSSR count). The first-order valence-electron chi connectivity index (χ1n) is 8.56. The zero-order chi connectivity index (χ0) is 16.5. The zero-order valence-corrected chi connectivity index (χ0v) is 13.9. The molecule has 0 N–H and O–H groups in total. The van der Waals surface area contributed by atoms with Crippen LogP contribution in [0.5, 0.6) is 0 Å². The van der Waals surface area contributed by atoms with E-state index in [1.165, 1.54) is 12.8 Å². The second-order valence-corrected chi connectivity index (χ2v) is 6.69. The molecular weight excluding hydrogens is 304 g/mol. The summed E-state index contributed by atoms with van der Waals surface area (Å²) in [5.41, 5.74) is 1.56. The van der Waals surface area contributed by atoms with E-state index in [-0.39, 0.29) is 11.7 Å². The molecular formula is C18H22N4O2. The Bertz CT molecular complexity index is 770. The minimum atomic E-state index is -0.0444. The molecule has 3 heterocycles. The second kappa shape index (κ2) is 6.36. The molecule has 1 aliphatic carbocycles. The minimum absolute atomic E-state index is 0.0444. The van der Waals surface area contributed by atoms with Gasteiger partial charge in [-0.15, -0.1) is 0 Å².